The van der Waals surface area contributed by atoms with Crippen molar-refractivity contribution < 1.29 is 14.3 Å². The predicted octanol–water partition coefficient (Wildman–Crippen LogP) is 3.19. The summed E-state index contributed by atoms with van der Waals surface area (Å²) in [5.74, 6) is 0.117. The first-order valence-corrected chi connectivity index (χ1v) is 7.63. The third-order valence-electron chi connectivity index (χ3n) is 3.25. The van der Waals surface area contributed by atoms with Crippen LogP contribution in [0.2, 0.25) is 5.02 Å². The molecule has 0 unspecified atom stereocenters. The van der Waals surface area contributed by atoms with Gasteiger partial charge in [-0.15, -0.1) is 0 Å². The monoisotopic (exact) mass is 347 g/mol. The molecule has 6 nitrogen and oxygen atoms in total. The summed E-state index contributed by atoms with van der Waals surface area (Å²) in [7, 11) is 0. The van der Waals surface area contributed by atoms with Gasteiger partial charge in [-0.1, -0.05) is 23.7 Å². The molecule has 0 bridgehead atoms. The first-order valence-electron chi connectivity index (χ1n) is 7.25. The second-order valence-corrected chi connectivity index (χ2v) is 5.61. The molecule has 24 heavy (non-hydrogen) atoms. The van der Waals surface area contributed by atoms with Gasteiger partial charge in [-0.2, -0.15) is 0 Å². The van der Waals surface area contributed by atoms with Crippen molar-refractivity contribution in [3.8, 4) is 5.75 Å². The first kappa shape index (κ1) is 17.6. The van der Waals surface area contributed by atoms with E-state index in [2.05, 4.69) is 16.2 Å². The topological polar surface area (TPSA) is 79.5 Å². The lowest BCUT2D eigenvalue weighted by Gasteiger charge is -2.10. The Morgan fingerprint density at radius 3 is 2.54 bits per heavy atom. The van der Waals surface area contributed by atoms with Crippen LogP contribution in [0.15, 0.2) is 42.5 Å². The smallest absolute Gasteiger partial charge is 0.337 e. The number of urea groups is 1. The van der Waals surface area contributed by atoms with Gasteiger partial charge in [0.1, 0.15) is 5.75 Å². The maximum atomic E-state index is 11.7. The van der Waals surface area contributed by atoms with Crippen molar-refractivity contribution in [2.24, 2.45) is 0 Å². The van der Waals surface area contributed by atoms with Crippen LogP contribution in [-0.2, 0) is 4.79 Å². The molecule has 0 heterocycles. The van der Waals surface area contributed by atoms with E-state index in [4.69, 9.17) is 16.3 Å². The van der Waals surface area contributed by atoms with Crippen LogP contribution < -0.4 is 20.9 Å². The van der Waals surface area contributed by atoms with E-state index in [0.29, 0.717) is 16.5 Å². The van der Waals surface area contributed by atoms with E-state index in [-0.39, 0.29) is 6.61 Å². The fraction of sp³-hybridized carbons (Fsp3) is 0.176. The lowest BCUT2D eigenvalue weighted by Crippen LogP contribution is -2.45. The van der Waals surface area contributed by atoms with Crippen LogP contribution in [0.5, 0.6) is 5.75 Å². The molecule has 0 saturated carbocycles. The number of hydrogen-bond donors (Lipinski definition) is 3. The van der Waals surface area contributed by atoms with Crippen LogP contribution >= 0.6 is 11.6 Å². The number of ether oxygens (including phenoxy) is 1. The van der Waals surface area contributed by atoms with Crippen molar-refractivity contribution in [2.45, 2.75) is 13.8 Å². The summed E-state index contributed by atoms with van der Waals surface area (Å²) >= 11 is 5.82. The molecule has 2 rings (SSSR count). The third-order valence-corrected chi connectivity index (χ3v) is 3.48. The Balaban J connectivity index is 1.74. The van der Waals surface area contributed by atoms with Gasteiger partial charge >= 0.3 is 6.03 Å². The molecular weight excluding hydrogens is 330 g/mol. The third kappa shape index (κ3) is 5.48. The van der Waals surface area contributed by atoms with Gasteiger partial charge in [0.25, 0.3) is 5.91 Å². The average Bonchev–Trinajstić information content (AvgIpc) is 2.54. The van der Waals surface area contributed by atoms with Crippen LogP contribution in [-0.4, -0.2) is 18.5 Å². The van der Waals surface area contributed by atoms with Gasteiger partial charge in [-0.05, 0) is 55.3 Å². The second-order valence-electron chi connectivity index (χ2n) is 5.17. The predicted molar refractivity (Wildman–Crippen MR) is 93.2 cm³/mol. The fourth-order valence-corrected chi connectivity index (χ4v) is 2.03. The van der Waals surface area contributed by atoms with Gasteiger partial charge < -0.3 is 10.1 Å². The van der Waals surface area contributed by atoms with Crippen molar-refractivity contribution in [1.82, 2.24) is 10.9 Å². The summed E-state index contributed by atoms with van der Waals surface area (Å²) in [5, 5.41) is 3.03. The zero-order valence-corrected chi connectivity index (χ0v) is 14.1. The van der Waals surface area contributed by atoms with E-state index in [0.717, 1.165) is 11.1 Å². The van der Waals surface area contributed by atoms with Gasteiger partial charge in [-0.25, -0.2) is 10.2 Å². The van der Waals surface area contributed by atoms with Crippen LogP contribution in [0.3, 0.4) is 0 Å². The normalized spacial score (nSPS) is 9.96. The van der Waals surface area contributed by atoms with Gasteiger partial charge in [0, 0.05) is 10.7 Å². The largest absolute Gasteiger partial charge is 0.484 e. The summed E-state index contributed by atoms with van der Waals surface area (Å²) in [4.78, 5) is 23.3. The van der Waals surface area contributed by atoms with E-state index >= 15 is 0 Å². The van der Waals surface area contributed by atoms with Crippen molar-refractivity contribution in [1.29, 1.82) is 0 Å². The Labute approximate surface area is 145 Å². The van der Waals surface area contributed by atoms with Crippen LogP contribution in [0.1, 0.15) is 11.1 Å². The molecule has 3 N–H and O–H groups in total. The molecule has 0 aliphatic rings. The Morgan fingerprint density at radius 2 is 1.83 bits per heavy atom. The lowest BCUT2D eigenvalue weighted by molar-refractivity contribution is -0.123. The lowest BCUT2D eigenvalue weighted by atomic mass is 10.1. The standard InChI is InChI=1S/C17H18ClN3O3/c1-11-6-7-15(8-12(11)2)24-10-16(22)20-21-17(23)19-14-5-3-4-13(18)9-14/h3-9H,10H2,1-2H3,(H,20,22)(H2,19,21,23). The molecule has 2 aromatic carbocycles. The molecule has 0 aromatic heterocycles. The highest BCUT2D eigenvalue weighted by Gasteiger charge is 2.06. The number of rotatable bonds is 4. The summed E-state index contributed by atoms with van der Waals surface area (Å²) in [6.45, 7) is 3.75. The molecule has 0 fully saturated rings. The zero-order valence-electron chi connectivity index (χ0n) is 13.4. The van der Waals surface area contributed by atoms with Gasteiger partial charge in [0.15, 0.2) is 6.61 Å². The van der Waals surface area contributed by atoms with Crippen LogP contribution in [0.4, 0.5) is 10.5 Å². The number of benzene rings is 2. The zero-order chi connectivity index (χ0) is 17.5. The minimum atomic E-state index is -0.586. The molecule has 0 radical (unpaired) electrons. The van der Waals surface area contributed by atoms with Crippen LogP contribution in [0, 0.1) is 13.8 Å². The second kappa shape index (κ2) is 8.21. The van der Waals surface area contributed by atoms with Crippen molar-refractivity contribution in [2.75, 3.05) is 11.9 Å². The number of carbonyl (C=O) groups excluding carboxylic acids is 2. The molecule has 0 aliphatic heterocycles. The minimum absolute atomic E-state index is 0.208. The summed E-state index contributed by atoms with van der Waals surface area (Å²) in [5.41, 5.74) is 7.22. The summed E-state index contributed by atoms with van der Waals surface area (Å²) in [6.07, 6.45) is 0. The highest BCUT2D eigenvalue weighted by molar-refractivity contribution is 6.30. The quantitative estimate of drug-likeness (QED) is 0.743. The van der Waals surface area contributed by atoms with E-state index in [1.54, 1.807) is 30.3 Å². The fourth-order valence-electron chi connectivity index (χ4n) is 1.84. The average molecular weight is 348 g/mol. The number of hydrazine groups is 1. The van der Waals surface area contributed by atoms with Gasteiger partial charge in [-0.3, -0.25) is 10.2 Å². The molecule has 0 aliphatic carbocycles. The van der Waals surface area contributed by atoms with Crippen molar-refractivity contribution in [3.63, 3.8) is 0 Å². The SMILES string of the molecule is Cc1ccc(OCC(=O)NNC(=O)Nc2cccc(Cl)c2)cc1C. The van der Waals surface area contributed by atoms with E-state index < -0.39 is 11.9 Å². The molecule has 7 heteroatoms. The minimum Gasteiger partial charge on any atom is -0.484 e. The number of aryl methyl sites for hydroxylation is 2. The number of amides is 3. The molecule has 0 saturated heterocycles. The Hall–Kier alpha value is -2.73. The van der Waals surface area contributed by atoms with Crippen LogP contribution in [0.25, 0.3) is 0 Å². The van der Waals surface area contributed by atoms with E-state index in [1.165, 1.54) is 0 Å². The number of nitrogens with one attached hydrogen (secondary N) is 3. The Bertz CT molecular complexity index is 750. The Kier molecular flexibility index (Phi) is 6.03. The molecular formula is C17H18ClN3O3. The van der Waals surface area contributed by atoms with Crippen molar-refractivity contribution in [3.05, 3.63) is 58.6 Å². The molecule has 0 atom stereocenters. The number of halogens is 1. The maximum absolute atomic E-state index is 11.7. The van der Waals surface area contributed by atoms with E-state index in [1.807, 2.05) is 26.0 Å². The maximum Gasteiger partial charge on any atom is 0.337 e. The highest BCUT2D eigenvalue weighted by Crippen LogP contribution is 2.16. The van der Waals surface area contributed by atoms with E-state index in [9.17, 15) is 9.59 Å². The first-order chi connectivity index (χ1) is 11.4. The van der Waals surface area contributed by atoms with Gasteiger partial charge in [0.05, 0.1) is 0 Å². The highest BCUT2D eigenvalue weighted by atomic mass is 35.5. The number of hydrogen-bond acceptors (Lipinski definition) is 3. The molecule has 0 spiro atoms. The Morgan fingerprint density at radius 1 is 1.04 bits per heavy atom. The molecule has 126 valence electrons. The van der Waals surface area contributed by atoms with Gasteiger partial charge in [0.2, 0.25) is 0 Å². The molecule has 2 aromatic rings. The summed E-state index contributed by atoms with van der Waals surface area (Å²) < 4.78 is 5.37. The number of anilines is 1. The van der Waals surface area contributed by atoms with Crippen molar-refractivity contribution >= 4 is 29.2 Å². The number of carbonyl (C=O) groups is 2. The summed E-state index contributed by atoms with van der Waals surface area (Å²) in [6, 6.07) is 11.6. The molecule has 3 amide bonds.